The number of likely N-dealkylation sites (N-methyl/N-ethyl adjacent to an activating group) is 1. The molecule has 1 aliphatic rings. The van der Waals surface area contributed by atoms with Crippen molar-refractivity contribution in [3.63, 3.8) is 0 Å². The lowest BCUT2D eigenvalue weighted by atomic mass is 9.98. The number of benzene rings is 1. The molecule has 2 rings (SSSR count). The average molecular weight is 277 g/mol. The Morgan fingerprint density at radius 3 is 2.85 bits per heavy atom. The maximum atomic E-state index is 5.97. The van der Waals surface area contributed by atoms with Crippen molar-refractivity contribution in [2.45, 2.75) is 52.2 Å². The molecule has 3 heteroatoms. The van der Waals surface area contributed by atoms with Gasteiger partial charge in [0.15, 0.2) is 0 Å². The van der Waals surface area contributed by atoms with Crippen molar-refractivity contribution in [2.24, 2.45) is 0 Å². The Labute approximate surface area is 122 Å². The van der Waals surface area contributed by atoms with Gasteiger partial charge in [-0.15, -0.1) is 0 Å². The topological polar surface area (TPSA) is 30.5 Å². The summed E-state index contributed by atoms with van der Waals surface area (Å²) in [6.45, 7) is 10.8. The largest absolute Gasteiger partial charge is 0.493 e. The first-order valence-corrected chi connectivity index (χ1v) is 7.63. The van der Waals surface area contributed by atoms with Gasteiger partial charge in [-0.2, -0.15) is 0 Å². The van der Waals surface area contributed by atoms with E-state index in [0.717, 1.165) is 31.7 Å². The van der Waals surface area contributed by atoms with Gasteiger partial charge in [-0.1, -0.05) is 25.1 Å². The summed E-state index contributed by atoms with van der Waals surface area (Å²) in [5.74, 6) is 1.07. The second-order valence-corrected chi connectivity index (χ2v) is 6.32. The minimum atomic E-state index is -0.122. The van der Waals surface area contributed by atoms with Crippen molar-refractivity contribution in [1.29, 1.82) is 0 Å². The van der Waals surface area contributed by atoms with Crippen LogP contribution in [0.25, 0.3) is 0 Å². The van der Waals surface area contributed by atoms with Gasteiger partial charge >= 0.3 is 0 Å². The van der Waals surface area contributed by atoms with Crippen LogP contribution < -0.4 is 10.1 Å². The first-order valence-electron chi connectivity index (χ1n) is 7.63. The van der Waals surface area contributed by atoms with Gasteiger partial charge in [0.05, 0.1) is 24.9 Å². The molecule has 1 aliphatic heterocycles. The number of ether oxygens (including phenoxy) is 2. The third-order valence-corrected chi connectivity index (χ3v) is 3.47. The molecular weight excluding hydrogens is 250 g/mol. The minimum Gasteiger partial charge on any atom is -0.493 e. The Morgan fingerprint density at radius 1 is 1.35 bits per heavy atom. The van der Waals surface area contributed by atoms with E-state index < -0.39 is 0 Å². The lowest BCUT2D eigenvalue weighted by Crippen LogP contribution is -2.31. The van der Waals surface area contributed by atoms with Crippen LogP contribution in [0.1, 0.15) is 51.3 Å². The van der Waals surface area contributed by atoms with E-state index in [0.29, 0.717) is 6.61 Å². The molecule has 0 bridgehead atoms. The second kappa shape index (κ2) is 6.59. The lowest BCUT2D eigenvalue weighted by molar-refractivity contribution is -0.0149. The van der Waals surface area contributed by atoms with Gasteiger partial charge in [-0.3, -0.25) is 0 Å². The van der Waals surface area contributed by atoms with Crippen LogP contribution in [0.3, 0.4) is 0 Å². The normalized spacial score (nSPS) is 16.4. The zero-order valence-electron chi connectivity index (χ0n) is 13.2. The number of nitrogens with one attached hydrogen (secondary N) is 1. The van der Waals surface area contributed by atoms with E-state index in [1.807, 2.05) is 0 Å². The van der Waals surface area contributed by atoms with Crippen molar-refractivity contribution in [3.8, 4) is 5.75 Å². The average Bonchev–Trinajstić information content (AvgIpc) is 2.42. The Kier molecular flexibility index (Phi) is 5.06. The monoisotopic (exact) mass is 277 g/mol. The molecule has 0 radical (unpaired) electrons. The fraction of sp³-hybridized carbons (Fsp3) is 0.647. The zero-order valence-corrected chi connectivity index (χ0v) is 13.2. The van der Waals surface area contributed by atoms with Gasteiger partial charge in [0.2, 0.25) is 0 Å². The number of fused-ring (bicyclic) bond motifs is 1. The molecule has 0 spiro atoms. The molecule has 0 saturated heterocycles. The number of hydrogen-bond acceptors (Lipinski definition) is 3. The minimum absolute atomic E-state index is 0.122. The number of para-hydroxylation sites is 1. The predicted octanol–water partition coefficient (Wildman–Crippen LogP) is 3.48. The second-order valence-electron chi connectivity index (χ2n) is 6.32. The summed E-state index contributed by atoms with van der Waals surface area (Å²) in [7, 11) is 0. The molecule has 1 aromatic carbocycles. The summed E-state index contributed by atoms with van der Waals surface area (Å²) < 4.78 is 11.9. The summed E-state index contributed by atoms with van der Waals surface area (Å²) in [5, 5.41) is 3.52. The van der Waals surface area contributed by atoms with Gasteiger partial charge in [0, 0.05) is 5.56 Å². The fourth-order valence-corrected chi connectivity index (χ4v) is 2.53. The van der Waals surface area contributed by atoms with Crippen molar-refractivity contribution in [1.82, 2.24) is 5.32 Å². The molecule has 20 heavy (non-hydrogen) atoms. The summed E-state index contributed by atoms with van der Waals surface area (Å²) >= 11 is 0. The number of aryl methyl sites for hydroxylation is 1. The molecule has 3 nitrogen and oxygen atoms in total. The molecule has 1 aromatic rings. The molecule has 1 atom stereocenters. The Balaban J connectivity index is 2.20. The van der Waals surface area contributed by atoms with Gasteiger partial charge in [-0.25, -0.2) is 0 Å². The highest BCUT2D eigenvalue weighted by Gasteiger charge is 2.22. The van der Waals surface area contributed by atoms with Crippen LogP contribution in [0.15, 0.2) is 18.2 Å². The Hall–Kier alpha value is -1.06. The van der Waals surface area contributed by atoms with Crippen LogP contribution in [-0.2, 0) is 11.2 Å². The highest BCUT2D eigenvalue weighted by molar-refractivity contribution is 5.44. The summed E-state index contributed by atoms with van der Waals surface area (Å²) in [5.41, 5.74) is 2.43. The van der Waals surface area contributed by atoms with Crippen molar-refractivity contribution >= 4 is 0 Å². The molecule has 0 fully saturated rings. The van der Waals surface area contributed by atoms with Crippen molar-refractivity contribution < 1.29 is 9.47 Å². The molecule has 0 aliphatic carbocycles. The van der Waals surface area contributed by atoms with Gasteiger partial charge in [0.1, 0.15) is 5.75 Å². The van der Waals surface area contributed by atoms with Crippen LogP contribution >= 0.6 is 0 Å². The molecule has 1 heterocycles. The summed E-state index contributed by atoms with van der Waals surface area (Å²) in [6.07, 6.45) is 2.23. The standard InChI is InChI=1S/C17H27NO2/c1-5-18-15(12-20-17(2,3)4)14-10-6-8-13-9-7-11-19-16(13)14/h6,8,10,15,18H,5,7,9,11-12H2,1-4H3. The fourth-order valence-electron chi connectivity index (χ4n) is 2.53. The lowest BCUT2D eigenvalue weighted by Gasteiger charge is -2.28. The van der Waals surface area contributed by atoms with E-state index >= 15 is 0 Å². The SMILES string of the molecule is CCNC(COC(C)(C)C)c1cccc2c1OCCC2. The van der Waals surface area contributed by atoms with Crippen molar-refractivity contribution in [3.05, 3.63) is 29.3 Å². The molecule has 0 saturated carbocycles. The summed E-state index contributed by atoms with van der Waals surface area (Å²) in [4.78, 5) is 0. The van der Waals surface area contributed by atoms with E-state index in [9.17, 15) is 0 Å². The first kappa shape index (κ1) is 15.3. The third kappa shape index (κ3) is 3.97. The molecule has 0 aromatic heterocycles. The van der Waals surface area contributed by atoms with E-state index in [1.165, 1.54) is 11.1 Å². The van der Waals surface area contributed by atoms with Crippen LogP contribution in [-0.4, -0.2) is 25.4 Å². The van der Waals surface area contributed by atoms with E-state index in [1.54, 1.807) is 0 Å². The van der Waals surface area contributed by atoms with Crippen molar-refractivity contribution in [2.75, 3.05) is 19.8 Å². The predicted molar refractivity (Wildman–Crippen MR) is 82.4 cm³/mol. The van der Waals surface area contributed by atoms with Crippen LogP contribution in [0, 0.1) is 0 Å². The zero-order chi connectivity index (χ0) is 14.6. The summed E-state index contributed by atoms with van der Waals surface area (Å²) in [6, 6.07) is 6.65. The number of hydrogen-bond donors (Lipinski definition) is 1. The quantitative estimate of drug-likeness (QED) is 0.894. The maximum absolute atomic E-state index is 5.97. The Bertz CT molecular complexity index is 437. The van der Waals surface area contributed by atoms with Gasteiger partial charge in [-0.05, 0) is 45.7 Å². The van der Waals surface area contributed by atoms with Crippen LogP contribution in [0.2, 0.25) is 0 Å². The van der Waals surface area contributed by atoms with Crippen LogP contribution in [0.5, 0.6) is 5.75 Å². The van der Waals surface area contributed by atoms with Crippen LogP contribution in [0.4, 0.5) is 0 Å². The maximum Gasteiger partial charge on any atom is 0.127 e. The third-order valence-electron chi connectivity index (χ3n) is 3.47. The van der Waals surface area contributed by atoms with E-state index in [2.05, 4.69) is 51.2 Å². The highest BCUT2D eigenvalue weighted by atomic mass is 16.5. The van der Waals surface area contributed by atoms with E-state index in [-0.39, 0.29) is 11.6 Å². The molecule has 1 unspecified atom stereocenters. The van der Waals surface area contributed by atoms with Gasteiger partial charge in [0.25, 0.3) is 0 Å². The molecule has 0 amide bonds. The highest BCUT2D eigenvalue weighted by Crippen LogP contribution is 2.33. The number of rotatable bonds is 5. The molecule has 112 valence electrons. The van der Waals surface area contributed by atoms with E-state index in [4.69, 9.17) is 9.47 Å². The molecule has 1 N–H and O–H groups in total. The Morgan fingerprint density at radius 2 is 2.15 bits per heavy atom. The molecular formula is C17H27NO2. The smallest absolute Gasteiger partial charge is 0.127 e. The first-order chi connectivity index (χ1) is 9.51. The van der Waals surface area contributed by atoms with Gasteiger partial charge < -0.3 is 14.8 Å².